The van der Waals surface area contributed by atoms with Gasteiger partial charge < -0.3 is 15.2 Å². The normalized spacial score (nSPS) is 13.3. The van der Waals surface area contributed by atoms with Gasteiger partial charge in [0.1, 0.15) is 23.8 Å². The number of carbonyl (C=O) groups excluding carboxylic acids is 1. The van der Waals surface area contributed by atoms with Crippen LogP contribution in [0.15, 0.2) is 24.4 Å². The highest BCUT2D eigenvalue weighted by molar-refractivity contribution is 5.65. The molecule has 0 radical (unpaired) electrons. The van der Waals surface area contributed by atoms with Crippen molar-refractivity contribution in [2.45, 2.75) is 39.7 Å². The Morgan fingerprint density at radius 2 is 2.00 bits per heavy atom. The Kier molecular flexibility index (Phi) is 6.30. The SMILES string of the molecule is Cc1nccc(-c2cc(F)c(OC[C@](C)(CC(C)C)OC(N)=O)cc2F)n1. The maximum atomic E-state index is 14.5. The predicted octanol–water partition coefficient (Wildman–Crippen LogP) is 4.01. The summed E-state index contributed by atoms with van der Waals surface area (Å²) in [6.45, 7) is 6.98. The fraction of sp³-hybridized carbons (Fsp3) is 0.421. The highest BCUT2D eigenvalue weighted by Gasteiger charge is 2.31. The number of halogens is 2. The largest absolute Gasteiger partial charge is 0.486 e. The molecule has 0 spiro atoms. The number of nitrogens with zero attached hydrogens (tertiary/aromatic N) is 2. The molecule has 1 aromatic carbocycles. The van der Waals surface area contributed by atoms with Gasteiger partial charge in [0.2, 0.25) is 0 Å². The van der Waals surface area contributed by atoms with Crippen LogP contribution < -0.4 is 10.5 Å². The first-order valence-corrected chi connectivity index (χ1v) is 8.50. The number of rotatable bonds is 7. The summed E-state index contributed by atoms with van der Waals surface area (Å²) >= 11 is 0. The van der Waals surface area contributed by atoms with Gasteiger partial charge >= 0.3 is 6.09 Å². The maximum absolute atomic E-state index is 14.5. The van der Waals surface area contributed by atoms with Crippen LogP contribution in [0.3, 0.4) is 0 Å². The van der Waals surface area contributed by atoms with Gasteiger partial charge in [0.25, 0.3) is 0 Å². The van der Waals surface area contributed by atoms with E-state index in [0.29, 0.717) is 12.2 Å². The minimum Gasteiger partial charge on any atom is -0.486 e. The molecule has 0 aliphatic rings. The van der Waals surface area contributed by atoms with Crippen LogP contribution in [-0.4, -0.2) is 28.3 Å². The molecular weight excluding hydrogens is 356 g/mol. The molecule has 2 aromatic rings. The number of primary amides is 1. The minimum atomic E-state index is -1.06. The molecule has 0 aliphatic carbocycles. The number of hydrogen-bond acceptors (Lipinski definition) is 5. The maximum Gasteiger partial charge on any atom is 0.405 e. The summed E-state index contributed by atoms with van der Waals surface area (Å²) in [6, 6.07) is 3.45. The van der Waals surface area contributed by atoms with Gasteiger partial charge in [-0.05, 0) is 38.3 Å². The fourth-order valence-electron chi connectivity index (χ4n) is 2.91. The molecule has 0 saturated heterocycles. The molecule has 27 heavy (non-hydrogen) atoms. The van der Waals surface area contributed by atoms with E-state index in [1.807, 2.05) is 13.8 Å². The monoisotopic (exact) mass is 379 g/mol. The van der Waals surface area contributed by atoms with Gasteiger partial charge in [-0.15, -0.1) is 0 Å². The number of carbonyl (C=O) groups is 1. The van der Waals surface area contributed by atoms with E-state index >= 15 is 0 Å². The lowest BCUT2D eigenvalue weighted by molar-refractivity contribution is -0.0194. The number of nitrogens with two attached hydrogens (primary N) is 1. The standard InChI is InChI=1S/C19H23F2N3O3/c1-11(2)9-19(4,27-18(22)25)10-26-17-8-14(20)13(7-15(17)21)16-5-6-23-12(3)24-16/h5-8,11H,9-10H2,1-4H3,(H2,22,25)/t19-/m0/s1. The molecule has 0 aliphatic heterocycles. The molecule has 0 bridgehead atoms. The van der Waals surface area contributed by atoms with Crippen LogP contribution in [0.1, 0.15) is 33.0 Å². The van der Waals surface area contributed by atoms with Crippen LogP contribution in [-0.2, 0) is 4.74 Å². The Bertz CT molecular complexity index is 830. The first-order chi connectivity index (χ1) is 12.6. The average Bonchev–Trinajstić information content (AvgIpc) is 2.53. The summed E-state index contributed by atoms with van der Waals surface area (Å²) in [4.78, 5) is 19.2. The third kappa shape index (κ3) is 5.60. The van der Waals surface area contributed by atoms with Gasteiger partial charge in [-0.25, -0.2) is 23.5 Å². The lowest BCUT2D eigenvalue weighted by atomic mass is 9.95. The first-order valence-electron chi connectivity index (χ1n) is 8.50. The van der Waals surface area contributed by atoms with Crippen molar-refractivity contribution < 1.29 is 23.0 Å². The van der Waals surface area contributed by atoms with Crippen LogP contribution in [0.5, 0.6) is 5.75 Å². The van der Waals surface area contributed by atoms with Gasteiger partial charge in [0.05, 0.1) is 5.69 Å². The molecule has 6 nitrogen and oxygen atoms in total. The van der Waals surface area contributed by atoms with E-state index < -0.39 is 23.3 Å². The minimum absolute atomic E-state index is 0.00341. The second-order valence-electron chi connectivity index (χ2n) is 7.01. The van der Waals surface area contributed by atoms with Crippen molar-refractivity contribution in [2.24, 2.45) is 11.7 Å². The van der Waals surface area contributed by atoms with Crippen molar-refractivity contribution in [3.63, 3.8) is 0 Å². The van der Waals surface area contributed by atoms with Crippen molar-refractivity contribution in [3.05, 3.63) is 41.9 Å². The number of benzene rings is 1. The quantitative estimate of drug-likeness (QED) is 0.785. The van der Waals surface area contributed by atoms with Crippen LogP contribution in [0.25, 0.3) is 11.3 Å². The Morgan fingerprint density at radius 3 is 2.59 bits per heavy atom. The molecule has 1 amide bonds. The van der Waals surface area contributed by atoms with Crippen LogP contribution in [0.4, 0.5) is 13.6 Å². The van der Waals surface area contributed by atoms with Gasteiger partial charge in [-0.2, -0.15) is 0 Å². The average molecular weight is 379 g/mol. The molecule has 0 fully saturated rings. The molecule has 8 heteroatoms. The second-order valence-corrected chi connectivity index (χ2v) is 7.01. The van der Waals surface area contributed by atoms with E-state index in [1.54, 1.807) is 13.8 Å². The molecule has 0 unspecified atom stereocenters. The van der Waals surface area contributed by atoms with Gasteiger partial charge in [0, 0.05) is 17.8 Å². The lowest BCUT2D eigenvalue weighted by Crippen LogP contribution is -2.41. The third-order valence-corrected chi connectivity index (χ3v) is 3.79. The molecule has 2 rings (SSSR count). The topological polar surface area (TPSA) is 87.3 Å². The number of aryl methyl sites for hydroxylation is 1. The zero-order chi connectivity index (χ0) is 20.2. The zero-order valence-corrected chi connectivity index (χ0v) is 15.8. The summed E-state index contributed by atoms with van der Waals surface area (Å²) in [5.41, 5.74) is 4.32. The summed E-state index contributed by atoms with van der Waals surface area (Å²) in [6.07, 6.45) is 0.957. The zero-order valence-electron chi connectivity index (χ0n) is 15.8. The summed E-state index contributed by atoms with van der Waals surface area (Å²) in [7, 11) is 0. The van der Waals surface area contributed by atoms with Gasteiger partial charge in [-0.3, -0.25) is 0 Å². The van der Waals surface area contributed by atoms with Crippen molar-refractivity contribution in [1.82, 2.24) is 9.97 Å². The summed E-state index contributed by atoms with van der Waals surface area (Å²) in [5, 5.41) is 0. The number of ether oxygens (including phenoxy) is 2. The number of amides is 1. The molecule has 0 saturated carbocycles. The Balaban J connectivity index is 2.24. The van der Waals surface area contributed by atoms with E-state index in [4.69, 9.17) is 15.2 Å². The molecule has 1 aromatic heterocycles. The van der Waals surface area contributed by atoms with Gasteiger partial charge in [-0.1, -0.05) is 13.8 Å². The molecular formula is C19H23F2N3O3. The lowest BCUT2D eigenvalue weighted by Gasteiger charge is -2.30. The number of aromatic nitrogens is 2. The number of hydrogen-bond donors (Lipinski definition) is 1. The van der Waals surface area contributed by atoms with E-state index in [0.717, 1.165) is 12.1 Å². The highest BCUT2D eigenvalue weighted by Crippen LogP contribution is 2.30. The Hall–Kier alpha value is -2.77. The molecule has 1 heterocycles. The smallest absolute Gasteiger partial charge is 0.405 e. The van der Waals surface area contributed by atoms with E-state index in [2.05, 4.69) is 9.97 Å². The first kappa shape index (κ1) is 20.5. The van der Waals surface area contributed by atoms with E-state index in [9.17, 15) is 13.6 Å². The summed E-state index contributed by atoms with van der Waals surface area (Å²) < 4.78 is 39.5. The van der Waals surface area contributed by atoms with Crippen LogP contribution in [0, 0.1) is 24.5 Å². The predicted molar refractivity (Wildman–Crippen MR) is 96.1 cm³/mol. The fourth-order valence-corrected chi connectivity index (χ4v) is 2.91. The second kappa shape index (κ2) is 8.28. The molecule has 146 valence electrons. The van der Waals surface area contributed by atoms with Crippen molar-refractivity contribution in [1.29, 1.82) is 0 Å². The van der Waals surface area contributed by atoms with E-state index in [1.165, 1.54) is 12.3 Å². The van der Waals surface area contributed by atoms with Crippen molar-refractivity contribution in [2.75, 3.05) is 6.61 Å². The van der Waals surface area contributed by atoms with Crippen molar-refractivity contribution >= 4 is 6.09 Å². The van der Waals surface area contributed by atoms with Crippen LogP contribution in [0.2, 0.25) is 0 Å². The van der Waals surface area contributed by atoms with Crippen molar-refractivity contribution in [3.8, 4) is 17.0 Å². The Labute approximate surface area is 156 Å². The van der Waals surface area contributed by atoms with E-state index in [-0.39, 0.29) is 29.5 Å². The summed E-state index contributed by atoms with van der Waals surface area (Å²) in [5.74, 6) is -1.12. The molecule has 1 atom stereocenters. The Morgan fingerprint density at radius 1 is 1.30 bits per heavy atom. The highest BCUT2D eigenvalue weighted by atomic mass is 19.1. The molecule has 2 N–H and O–H groups in total. The van der Waals surface area contributed by atoms with Gasteiger partial charge in [0.15, 0.2) is 11.6 Å². The van der Waals surface area contributed by atoms with Crippen LogP contribution >= 0.6 is 0 Å². The third-order valence-electron chi connectivity index (χ3n) is 3.79.